The van der Waals surface area contributed by atoms with E-state index in [-0.39, 0.29) is 11.4 Å². The van der Waals surface area contributed by atoms with Gasteiger partial charge in [0, 0.05) is 18.5 Å². The van der Waals surface area contributed by atoms with Crippen LogP contribution in [0, 0.1) is 6.92 Å². The summed E-state index contributed by atoms with van der Waals surface area (Å²) < 4.78 is 14.4. The molecule has 0 atom stereocenters. The molecule has 3 aromatic heterocycles. The monoisotopic (exact) mass is 423 g/mol. The Morgan fingerprint density at radius 2 is 2.03 bits per heavy atom. The van der Waals surface area contributed by atoms with Crippen molar-refractivity contribution in [3.05, 3.63) is 46.6 Å². The molecule has 2 N–H and O–H groups in total. The molecule has 9 nitrogen and oxygen atoms in total. The van der Waals surface area contributed by atoms with Crippen molar-refractivity contribution in [3.63, 3.8) is 0 Å². The number of furan rings is 1. The SMILES string of the molecule is COc1ccc(-n2c(S)nnc2-c2cc3c(cc2O)[nH]c(=O)n3C)c2cc(C)oc12. The Balaban J connectivity index is 1.81. The Bertz CT molecular complexity index is 1510. The van der Waals surface area contributed by atoms with E-state index in [9.17, 15) is 9.90 Å². The van der Waals surface area contributed by atoms with Crippen LogP contribution in [0.1, 0.15) is 5.76 Å². The van der Waals surface area contributed by atoms with E-state index in [0.29, 0.717) is 38.9 Å². The molecule has 152 valence electrons. The van der Waals surface area contributed by atoms with Crippen molar-refractivity contribution in [1.82, 2.24) is 24.3 Å². The van der Waals surface area contributed by atoms with Crippen LogP contribution in [0.5, 0.6) is 11.5 Å². The number of imidazole rings is 1. The number of hydrogen-bond acceptors (Lipinski definition) is 7. The highest BCUT2D eigenvalue weighted by Crippen LogP contribution is 2.38. The average Bonchev–Trinajstić information content (AvgIpc) is 3.36. The quantitative estimate of drug-likeness (QED) is 0.385. The summed E-state index contributed by atoms with van der Waals surface area (Å²) in [6.45, 7) is 1.85. The maximum Gasteiger partial charge on any atom is 0.326 e. The summed E-state index contributed by atoms with van der Waals surface area (Å²) in [6.07, 6.45) is 0. The molecule has 0 aliphatic carbocycles. The molecule has 0 unspecified atom stereocenters. The van der Waals surface area contributed by atoms with Crippen LogP contribution in [0.3, 0.4) is 0 Å². The third-order valence-electron chi connectivity index (χ3n) is 5.12. The molecule has 0 aliphatic heterocycles. The zero-order chi connectivity index (χ0) is 21.2. The van der Waals surface area contributed by atoms with Crippen molar-refractivity contribution in [2.45, 2.75) is 12.1 Å². The van der Waals surface area contributed by atoms with Crippen LogP contribution in [0.2, 0.25) is 0 Å². The van der Waals surface area contributed by atoms with Crippen molar-refractivity contribution in [2.75, 3.05) is 7.11 Å². The Labute approximate surface area is 174 Å². The fourth-order valence-corrected chi connectivity index (χ4v) is 3.92. The van der Waals surface area contributed by atoms with Gasteiger partial charge in [-0.25, -0.2) is 4.79 Å². The molecule has 0 fully saturated rings. The van der Waals surface area contributed by atoms with Crippen molar-refractivity contribution >= 4 is 34.6 Å². The van der Waals surface area contributed by atoms with Gasteiger partial charge >= 0.3 is 5.69 Å². The summed E-state index contributed by atoms with van der Waals surface area (Å²) in [5, 5.41) is 20.1. The molecule has 0 radical (unpaired) electrons. The van der Waals surface area contributed by atoms with E-state index >= 15 is 0 Å². The topological polar surface area (TPSA) is 111 Å². The number of phenols is 1. The summed E-state index contributed by atoms with van der Waals surface area (Å²) in [6, 6.07) is 8.72. The zero-order valence-corrected chi connectivity index (χ0v) is 17.2. The zero-order valence-electron chi connectivity index (χ0n) is 16.3. The number of aromatic amines is 1. The maximum atomic E-state index is 12.0. The minimum atomic E-state index is -0.274. The van der Waals surface area contributed by atoms with Crippen molar-refractivity contribution in [3.8, 4) is 28.6 Å². The molecule has 5 rings (SSSR count). The lowest BCUT2D eigenvalue weighted by molar-refractivity contribution is 0.408. The maximum absolute atomic E-state index is 12.0. The van der Waals surface area contributed by atoms with Gasteiger partial charge in [0.15, 0.2) is 22.3 Å². The molecule has 0 bridgehead atoms. The van der Waals surface area contributed by atoms with Crippen molar-refractivity contribution in [1.29, 1.82) is 0 Å². The fourth-order valence-electron chi connectivity index (χ4n) is 3.68. The Hall–Kier alpha value is -3.66. The van der Waals surface area contributed by atoms with Crippen LogP contribution in [0.4, 0.5) is 0 Å². The lowest BCUT2D eigenvalue weighted by Crippen LogP contribution is -2.11. The third kappa shape index (κ3) is 2.53. The first-order valence-electron chi connectivity index (χ1n) is 9.03. The summed E-state index contributed by atoms with van der Waals surface area (Å²) in [7, 11) is 3.23. The highest BCUT2D eigenvalue weighted by molar-refractivity contribution is 7.80. The molecule has 0 aliphatic rings. The number of nitrogens with zero attached hydrogens (tertiary/aromatic N) is 4. The van der Waals surface area contributed by atoms with Crippen LogP contribution < -0.4 is 10.4 Å². The van der Waals surface area contributed by atoms with Gasteiger partial charge in [0.2, 0.25) is 0 Å². The summed E-state index contributed by atoms with van der Waals surface area (Å²) >= 11 is 4.48. The number of nitrogens with one attached hydrogen (secondary N) is 1. The van der Waals surface area contributed by atoms with Gasteiger partial charge in [-0.15, -0.1) is 22.8 Å². The number of methoxy groups -OCH3 is 1. The number of thiol groups is 1. The molecule has 3 heterocycles. The van der Waals surface area contributed by atoms with Crippen molar-refractivity contribution in [2.24, 2.45) is 7.05 Å². The lowest BCUT2D eigenvalue weighted by Gasteiger charge is -2.12. The molecule has 0 amide bonds. The summed E-state index contributed by atoms with van der Waals surface area (Å²) in [4.78, 5) is 14.7. The number of rotatable bonds is 3. The fraction of sp³-hybridized carbons (Fsp3) is 0.150. The number of fused-ring (bicyclic) bond motifs is 2. The van der Waals surface area contributed by atoms with Gasteiger partial charge in [0.25, 0.3) is 0 Å². The Morgan fingerprint density at radius 1 is 1.23 bits per heavy atom. The Kier molecular flexibility index (Phi) is 3.93. The van der Waals surface area contributed by atoms with E-state index in [1.54, 1.807) is 30.9 Å². The predicted molar refractivity (Wildman–Crippen MR) is 114 cm³/mol. The second kappa shape index (κ2) is 6.42. The number of hydrogen-bond donors (Lipinski definition) is 3. The van der Waals surface area contributed by atoms with Crippen LogP contribution in [0.15, 0.2) is 44.7 Å². The predicted octanol–water partition coefficient (Wildman–Crippen LogP) is 3.17. The minimum Gasteiger partial charge on any atom is -0.507 e. The smallest absolute Gasteiger partial charge is 0.326 e. The number of phenolic OH excluding ortho intramolecular Hbond substituents is 1. The van der Waals surface area contributed by atoms with E-state index < -0.39 is 0 Å². The number of aromatic hydroxyl groups is 1. The normalized spacial score (nSPS) is 11.6. The third-order valence-corrected chi connectivity index (χ3v) is 5.41. The molecular formula is C20H17N5O4S. The molecule has 0 saturated heterocycles. The summed E-state index contributed by atoms with van der Waals surface area (Å²) in [5.74, 6) is 1.65. The minimum absolute atomic E-state index is 0.0422. The van der Waals surface area contributed by atoms with Gasteiger partial charge in [0.1, 0.15) is 11.5 Å². The Morgan fingerprint density at radius 3 is 2.80 bits per heavy atom. The summed E-state index contributed by atoms with van der Waals surface area (Å²) in [5.41, 5.74) is 2.60. The first kappa shape index (κ1) is 18.4. The van der Waals surface area contributed by atoms with E-state index in [4.69, 9.17) is 9.15 Å². The second-order valence-corrected chi connectivity index (χ2v) is 7.32. The number of benzene rings is 2. The van der Waals surface area contributed by atoms with E-state index in [2.05, 4.69) is 27.8 Å². The molecular weight excluding hydrogens is 406 g/mol. The van der Waals surface area contributed by atoms with Crippen LogP contribution in [-0.2, 0) is 7.05 Å². The van der Waals surface area contributed by atoms with Gasteiger partial charge in [-0.05, 0) is 31.2 Å². The molecule has 0 saturated carbocycles. The number of aromatic nitrogens is 5. The first-order chi connectivity index (χ1) is 14.4. The van der Waals surface area contributed by atoms with Gasteiger partial charge in [-0.2, -0.15) is 0 Å². The molecule has 2 aromatic carbocycles. The average molecular weight is 423 g/mol. The van der Waals surface area contributed by atoms with E-state index in [1.807, 2.05) is 19.1 Å². The van der Waals surface area contributed by atoms with Crippen molar-refractivity contribution < 1.29 is 14.3 Å². The van der Waals surface area contributed by atoms with Gasteiger partial charge in [-0.3, -0.25) is 9.13 Å². The first-order valence-corrected chi connectivity index (χ1v) is 9.47. The number of ether oxygens (including phenoxy) is 1. The van der Waals surface area contributed by atoms with Gasteiger partial charge < -0.3 is 19.2 Å². The largest absolute Gasteiger partial charge is 0.507 e. The van der Waals surface area contributed by atoms with Crippen LogP contribution in [-0.4, -0.2) is 36.5 Å². The molecule has 10 heteroatoms. The molecule has 5 aromatic rings. The number of H-pyrrole nitrogens is 1. The lowest BCUT2D eigenvalue weighted by atomic mass is 10.1. The van der Waals surface area contributed by atoms with E-state index in [0.717, 1.165) is 16.8 Å². The number of aryl methyl sites for hydroxylation is 2. The van der Waals surface area contributed by atoms with E-state index in [1.165, 1.54) is 10.6 Å². The molecule has 0 spiro atoms. The van der Waals surface area contributed by atoms with Gasteiger partial charge in [-0.1, -0.05) is 0 Å². The molecule has 30 heavy (non-hydrogen) atoms. The van der Waals surface area contributed by atoms with Crippen LogP contribution >= 0.6 is 12.6 Å². The highest BCUT2D eigenvalue weighted by Gasteiger charge is 2.22. The standard InChI is InChI=1S/C20H17N5O4S/c1-9-6-10-13(4-5-16(28-3)17(10)29-9)25-18(22-23-20(25)30)11-7-14-12(8-15(11)26)21-19(27)24(14)2/h4-8,26H,1-3H3,(H,21,27)(H,23,30). The van der Waals surface area contributed by atoms with Crippen LogP contribution in [0.25, 0.3) is 39.1 Å². The highest BCUT2D eigenvalue weighted by atomic mass is 32.1. The second-order valence-electron chi connectivity index (χ2n) is 6.92. The van der Waals surface area contributed by atoms with Gasteiger partial charge in [0.05, 0.1) is 29.4 Å².